The fraction of sp³-hybridized carbons (Fsp3) is 0.375. The summed E-state index contributed by atoms with van der Waals surface area (Å²) in [4.78, 5) is 12.0. The summed E-state index contributed by atoms with van der Waals surface area (Å²) < 4.78 is 66.5. The van der Waals surface area contributed by atoms with Gasteiger partial charge in [0, 0.05) is 6.07 Å². The number of pyridine rings is 1. The van der Waals surface area contributed by atoms with Crippen molar-refractivity contribution in [1.82, 2.24) is 4.98 Å². The fourth-order valence-electron chi connectivity index (χ4n) is 1.17. The van der Waals surface area contributed by atoms with Crippen molar-refractivity contribution in [3.63, 3.8) is 0 Å². The number of nitrogens with zero attached hydrogens (tertiary/aromatic N) is 2. The predicted molar refractivity (Wildman–Crippen MR) is 47.4 cm³/mol. The molecule has 5 nitrogen and oxygen atoms in total. The molecule has 10 heteroatoms. The average Bonchev–Trinajstić information content (AvgIpc) is 2.25. The molecule has 0 radical (unpaired) electrons. The maximum atomic E-state index is 12.5. The van der Waals surface area contributed by atoms with Gasteiger partial charge in [-0.1, -0.05) is 0 Å². The van der Waals surface area contributed by atoms with E-state index in [4.69, 9.17) is 0 Å². The van der Waals surface area contributed by atoms with Crippen LogP contribution in [0.25, 0.3) is 0 Å². The summed E-state index contributed by atoms with van der Waals surface area (Å²) in [5.41, 5.74) is -3.46. The van der Waals surface area contributed by atoms with Gasteiger partial charge in [0.15, 0.2) is 0 Å². The van der Waals surface area contributed by atoms with Crippen molar-refractivity contribution in [1.29, 1.82) is 0 Å². The van der Waals surface area contributed by atoms with Crippen LogP contribution in [0.15, 0.2) is 6.07 Å². The number of halogens is 5. The van der Waals surface area contributed by atoms with E-state index < -0.39 is 40.3 Å². The van der Waals surface area contributed by atoms with Gasteiger partial charge in [0.1, 0.15) is 5.56 Å². The van der Waals surface area contributed by atoms with Crippen LogP contribution >= 0.6 is 0 Å². The van der Waals surface area contributed by atoms with Crippen LogP contribution in [0.4, 0.5) is 27.8 Å². The first kappa shape index (κ1) is 14.1. The highest BCUT2D eigenvalue weighted by Crippen LogP contribution is 2.40. The Morgan fingerprint density at radius 3 is 2.33 bits per heavy atom. The summed E-state index contributed by atoms with van der Waals surface area (Å²) in [6, 6.07) is 0.132. The molecule has 1 rings (SSSR count). The minimum absolute atomic E-state index is 0.132. The van der Waals surface area contributed by atoms with Crippen molar-refractivity contribution in [3.8, 4) is 5.75 Å². The van der Waals surface area contributed by atoms with Gasteiger partial charge in [-0.25, -0.2) is 8.78 Å². The van der Waals surface area contributed by atoms with Crippen molar-refractivity contribution in [2.45, 2.75) is 12.6 Å². The van der Waals surface area contributed by atoms with E-state index in [0.29, 0.717) is 0 Å². The lowest BCUT2D eigenvalue weighted by atomic mass is 10.1. The lowest BCUT2D eigenvalue weighted by Crippen LogP contribution is -2.13. The Morgan fingerprint density at radius 1 is 1.44 bits per heavy atom. The third-order valence-electron chi connectivity index (χ3n) is 1.90. The van der Waals surface area contributed by atoms with Crippen molar-refractivity contribution in [2.75, 3.05) is 7.11 Å². The number of ether oxygens (including phenoxy) is 1. The Labute approximate surface area is 96.3 Å². The molecule has 1 heterocycles. The molecule has 0 bridgehead atoms. The molecule has 0 unspecified atom stereocenters. The molecule has 0 saturated carbocycles. The van der Waals surface area contributed by atoms with E-state index in [0.717, 1.165) is 7.11 Å². The van der Waals surface area contributed by atoms with Crippen molar-refractivity contribution >= 4 is 5.82 Å². The molecule has 0 aliphatic rings. The SMILES string of the molecule is COc1cc(C(F)(F)F)c(C(F)F)nc1[N+](=O)[O-]. The third-order valence-corrected chi connectivity index (χ3v) is 1.90. The monoisotopic (exact) mass is 272 g/mol. The summed E-state index contributed by atoms with van der Waals surface area (Å²) in [5.74, 6) is -2.03. The number of rotatable bonds is 3. The molecule has 0 saturated heterocycles. The fourth-order valence-corrected chi connectivity index (χ4v) is 1.17. The normalized spacial score (nSPS) is 11.7. The quantitative estimate of drug-likeness (QED) is 0.482. The van der Waals surface area contributed by atoms with Gasteiger partial charge in [-0.3, -0.25) is 0 Å². The van der Waals surface area contributed by atoms with E-state index in [1.807, 2.05) is 0 Å². The van der Waals surface area contributed by atoms with Crippen LogP contribution < -0.4 is 4.74 Å². The lowest BCUT2D eigenvalue weighted by molar-refractivity contribution is -0.390. The average molecular weight is 272 g/mol. The minimum Gasteiger partial charge on any atom is -0.489 e. The number of hydrogen-bond donors (Lipinski definition) is 0. The maximum Gasteiger partial charge on any atom is 0.420 e. The first-order valence-electron chi connectivity index (χ1n) is 4.27. The van der Waals surface area contributed by atoms with Gasteiger partial charge < -0.3 is 14.9 Å². The predicted octanol–water partition coefficient (Wildman–Crippen LogP) is 2.95. The molecule has 18 heavy (non-hydrogen) atoms. The lowest BCUT2D eigenvalue weighted by Gasteiger charge is -2.10. The Bertz CT molecular complexity index is 475. The molecule has 0 fully saturated rings. The zero-order valence-corrected chi connectivity index (χ0v) is 8.66. The molecular weight excluding hydrogens is 267 g/mol. The first-order chi connectivity index (χ1) is 8.18. The minimum atomic E-state index is -5.11. The number of methoxy groups -OCH3 is 1. The maximum absolute atomic E-state index is 12.5. The molecule has 0 aromatic carbocycles. The van der Waals surface area contributed by atoms with Crippen LogP contribution in [-0.4, -0.2) is 17.0 Å². The molecule has 0 spiro atoms. The summed E-state index contributed by atoms with van der Waals surface area (Å²) in [7, 11) is 0.867. The van der Waals surface area contributed by atoms with E-state index in [1.165, 1.54) is 0 Å². The van der Waals surface area contributed by atoms with E-state index in [1.54, 1.807) is 0 Å². The third kappa shape index (κ3) is 2.63. The molecule has 100 valence electrons. The van der Waals surface area contributed by atoms with Crippen LogP contribution in [0.2, 0.25) is 0 Å². The molecule has 0 amide bonds. The molecule has 1 aromatic rings. The number of hydrogen-bond acceptors (Lipinski definition) is 4. The van der Waals surface area contributed by atoms with Crippen molar-refractivity contribution in [2.24, 2.45) is 0 Å². The van der Waals surface area contributed by atoms with Crippen LogP contribution in [0.5, 0.6) is 5.75 Å². The molecule has 0 aliphatic heterocycles. The van der Waals surface area contributed by atoms with Crippen LogP contribution in [0.3, 0.4) is 0 Å². The number of aromatic nitrogens is 1. The summed E-state index contributed by atoms with van der Waals surface area (Å²) in [6.07, 6.45) is -8.70. The zero-order chi connectivity index (χ0) is 14.1. The Kier molecular flexibility index (Phi) is 3.67. The second-order valence-corrected chi connectivity index (χ2v) is 3.00. The Balaban J connectivity index is 3.57. The topological polar surface area (TPSA) is 65.3 Å². The summed E-state index contributed by atoms with van der Waals surface area (Å²) in [6.45, 7) is 0. The highest BCUT2D eigenvalue weighted by atomic mass is 19.4. The van der Waals surface area contributed by atoms with Crippen LogP contribution in [0, 0.1) is 10.1 Å². The Morgan fingerprint density at radius 2 is 2.00 bits per heavy atom. The molecule has 0 atom stereocenters. The van der Waals surface area contributed by atoms with Gasteiger partial charge in [-0.05, 0) is 9.91 Å². The second kappa shape index (κ2) is 4.70. The van der Waals surface area contributed by atoms with Gasteiger partial charge in [0.05, 0.1) is 7.11 Å². The highest BCUT2D eigenvalue weighted by molar-refractivity contribution is 5.45. The van der Waals surface area contributed by atoms with Gasteiger partial charge in [0.2, 0.25) is 11.4 Å². The first-order valence-corrected chi connectivity index (χ1v) is 4.27. The standard InChI is InChI=1S/C8H5F5N2O3/c1-18-4-2-3(8(11,12)13)5(6(9)10)14-7(4)15(16)17/h2,6H,1H3. The van der Waals surface area contributed by atoms with Gasteiger partial charge in [0.25, 0.3) is 0 Å². The number of alkyl halides is 5. The molecule has 0 aliphatic carbocycles. The van der Waals surface area contributed by atoms with Gasteiger partial charge in [-0.2, -0.15) is 13.2 Å². The second-order valence-electron chi connectivity index (χ2n) is 3.00. The highest BCUT2D eigenvalue weighted by Gasteiger charge is 2.42. The molecule has 1 aromatic heterocycles. The van der Waals surface area contributed by atoms with Crippen LogP contribution in [0.1, 0.15) is 17.7 Å². The van der Waals surface area contributed by atoms with Crippen LogP contribution in [-0.2, 0) is 6.18 Å². The van der Waals surface area contributed by atoms with Crippen molar-refractivity contribution < 1.29 is 31.6 Å². The number of nitro groups is 1. The van der Waals surface area contributed by atoms with E-state index in [9.17, 15) is 32.1 Å². The van der Waals surface area contributed by atoms with Gasteiger partial charge in [-0.15, -0.1) is 0 Å². The molecular formula is C8H5F5N2O3. The summed E-state index contributed by atoms with van der Waals surface area (Å²) >= 11 is 0. The molecule has 0 N–H and O–H groups in total. The Hall–Kier alpha value is -2.00. The zero-order valence-electron chi connectivity index (χ0n) is 8.66. The van der Waals surface area contributed by atoms with Gasteiger partial charge >= 0.3 is 18.4 Å². The smallest absolute Gasteiger partial charge is 0.420 e. The van der Waals surface area contributed by atoms with E-state index in [2.05, 4.69) is 9.72 Å². The van der Waals surface area contributed by atoms with E-state index in [-0.39, 0.29) is 6.07 Å². The van der Waals surface area contributed by atoms with E-state index >= 15 is 0 Å². The largest absolute Gasteiger partial charge is 0.489 e. The van der Waals surface area contributed by atoms with Crippen molar-refractivity contribution in [3.05, 3.63) is 27.4 Å². The summed E-state index contributed by atoms with van der Waals surface area (Å²) in [5, 5.41) is 10.5.